The third-order valence-corrected chi connectivity index (χ3v) is 2.86. The summed E-state index contributed by atoms with van der Waals surface area (Å²) < 4.78 is 43.1. The van der Waals surface area contributed by atoms with Crippen LogP contribution in [-0.4, -0.2) is 10.2 Å². The molecule has 0 aliphatic rings. The second-order valence-electron chi connectivity index (χ2n) is 3.52. The molecule has 3 N–H and O–H groups in total. The first-order valence-corrected chi connectivity index (χ1v) is 5.85. The normalized spacial score (nSPS) is 11.6. The lowest BCUT2D eigenvalue weighted by Gasteiger charge is -2.10. The lowest BCUT2D eigenvalue weighted by Crippen LogP contribution is -2.06. The highest BCUT2D eigenvalue weighted by molar-refractivity contribution is 9.10. The second-order valence-corrected chi connectivity index (χ2v) is 4.38. The third-order valence-electron chi connectivity index (χ3n) is 2.16. The summed E-state index contributed by atoms with van der Waals surface area (Å²) in [6.45, 7) is 0.0584. The number of rotatable bonds is 3. The van der Waals surface area contributed by atoms with Crippen LogP contribution in [0.5, 0.6) is 0 Å². The number of nitrogens with two attached hydrogens (primary N) is 1. The molecule has 2 rings (SSSR count). The van der Waals surface area contributed by atoms with Gasteiger partial charge in [0.25, 0.3) is 0 Å². The zero-order chi connectivity index (χ0) is 14.0. The van der Waals surface area contributed by atoms with Gasteiger partial charge in [0.2, 0.25) is 5.89 Å². The van der Waals surface area contributed by atoms with Gasteiger partial charge >= 0.3 is 12.2 Å². The van der Waals surface area contributed by atoms with Gasteiger partial charge < -0.3 is 15.5 Å². The van der Waals surface area contributed by atoms with Crippen molar-refractivity contribution in [1.29, 1.82) is 0 Å². The van der Waals surface area contributed by atoms with Crippen LogP contribution in [0.4, 0.5) is 24.9 Å². The molecule has 5 nitrogen and oxygen atoms in total. The summed E-state index contributed by atoms with van der Waals surface area (Å²) in [6, 6.07) is 3.66. The fourth-order valence-corrected chi connectivity index (χ4v) is 1.80. The zero-order valence-electron chi connectivity index (χ0n) is 9.33. The summed E-state index contributed by atoms with van der Waals surface area (Å²) in [7, 11) is 0. The van der Waals surface area contributed by atoms with E-state index in [2.05, 4.69) is 31.4 Å². The number of anilines is 2. The lowest BCUT2D eigenvalue weighted by molar-refractivity contribution is -0.138. The van der Waals surface area contributed by atoms with Crippen molar-refractivity contribution in [2.45, 2.75) is 12.7 Å². The molecule has 0 saturated heterocycles. The number of halogens is 4. The first-order valence-electron chi connectivity index (χ1n) is 5.06. The molecular formula is C10H8BrF3N4O. The van der Waals surface area contributed by atoms with Crippen LogP contribution in [0.3, 0.4) is 0 Å². The minimum absolute atomic E-state index is 0.0177. The van der Waals surface area contributed by atoms with E-state index in [1.807, 2.05) is 0 Å². The van der Waals surface area contributed by atoms with Gasteiger partial charge in [-0.05, 0) is 18.2 Å². The molecule has 102 valence electrons. The minimum atomic E-state index is -4.45. The predicted molar refractivity (Wildman–Crippen MR) is 64.6 cm³/mol. The van der Waals surface area contributed by atoms with Crippen molar-refractivity contribution >= 4 is 27.6 Å². The lowest BCUT2D eigenvalue weighted by atomic mass is 10.2. The maximum Gasteiger partial charge on any atom is 0.417 e. The van der Waals surface area contributed by atoms with Crippen molar-refractivity contribution in [3.63, 3.8) is 0 Å². The standard InChI is InChI=1S/C10H8BrF3N4O/c11-7-2-1-5(3-6(7)10(12,13)14)16-9-18-17-8(4-15)19-9/h1-3H,4,15H2,(H,16,18). The Balaban J connectivity index is 2.26. The highest BCUT2D eigenvalue weighted by Crippen LogP contribution is 2.36. The van der Waals surface area contributed by atoms with Crippen LogP contribution in [0.2, 0.25) is 0 Å². The van der Waals surface area contributed by atoms with Crippen LogP contribution in [0, 0.1) is 0 Å². The molecule has 0 bridgehead atoms. The molecule has 0 amide bonds. The summed E-state index contributed by atoms with van der Waals surface area (Å²) in [5.74, 6) is 0.190. The molecule has 0 fully saturated rings. The Hall–Kier alpha value is -1.61. The Kier molecular flexibility index (Phi) is 3.76. The highest BCUT2D eigenvalue weighted by atomic mass is 79.9. The first-order chi connectivity index (χ1) is 8.90. The molecule has 2 aromatic rings. The molecule has 0 aliphatic carbocycles. The molecule has 1 aromatic carbocycles. The molecule has 0 aliphatic heterocycles. The topological polar surface area (TPSA) is 77.0 Å². The molecule has 9 heteroatoms. The van der Waals surface area contributed by atoms with E-state index >= 15 is 0 Å². The summed E-state index contributed by atoms with van der Waals surface area (Å²) in [4.78, 5) is 0. The van der Waals surface area contributed by atoms with E-state index in [-0.39, 0.29) is 28.6 Å². The largest absolute Gasteiger partial charge is 0.417 e. The number of alkyl halides is 3. The van der Waals surface area contributed by atoms with Crippen LogP contribution < -0.4 is 11.1 Å². The van der Waals surface area contributed by atoms with Crippen molar-refractivity contribution < 1.29 is 17.6 Å². The van der Waals surface area contributed by atoms with Crippen LogP contribution >= 0.6 is 15.9 Å². The van der Waals surface area contributed by atoms with Crippen molar-refractivity contribution in [2.75, 3.05) is 5.32 Å². The van der Waals surface area contributed by atoms with E-state index in [0.717, 1.165) is 6.07 Å². The van der Waals surface area contributed by atoms with Crippen LogP contribution in [-0.2, 0) is 12.7 Å². The Labute approximate surface area is 114 Å². The number of hydrogen-bond donors (Lipinski definition) is 2. The van der Waals surface area contributed by atoms with E-state index in [9.17, 15) is 13.2 Å². The van der Waals surface area contributed by atoms with Gasteiger partial charge in [0.1, 0.15) is 0 Å². The fourth-order valence-electron chi connectivity index (χ4n) is 1.33. The minimum Gasteiger partial charge on any atom is -0.406 e. The maximum absolute atomic E-state index is 12.7. The zero-order valence-corrected chi connectivity index (χ0v) is 10.9. The van der Waals surface area contributed by atoms with Gasteiger partial charge in [-0.15, -0.1) is 5.10 Å². The van der Waals surface area contributed by atoms with Crippen molar-refractivity contribution in [3.05, 3.63) is 34.1 Å². The quantitative estimate of drug-likeness (QED) is 0.900. The monoisotopic (exact) mass is 336 g/mol. The SMILES string of the molecule is NCc1nnc(Nc2ccc(Br)c(C(F)(F)F)c2)o1. The predicted octanol–water partition coefficient (Wildman–Crippen LogP) is 3.05. The van der Waals surface area contributed by atoms with Gasteiger partial charge in [-0.3, -0.25) is 0 Å². The number of hydrogen-bond acceptors (Lipinski definition) is 5. The summed E-state index contributed by atoms with van der Waals surface area (Å²) in [6.07, 6.45) is -4.45. The molecular weight excluding hydrogens is 329 g/mol. The van der Waals surface area contributed by atoms with Gasteiger partial charge in [-0.2, -0.15) is 13.2 Å². The van der Waals surface area contributed by atoms with E-state index < -0.39 is 11.7 Å². The second kappa shape index (κ2) is 5.17. The average molecular weight is 337 g/mol. The first kappa shape index (κ1) is 13.8. The van der Waals surface area contributed by atoms with Crippen LogP contribution in [0.1, 0.15) is 11.5 Å². The summed E-state index contributed by atoms with van der Waals surface area (Å²) in [5, 5.41) is 9.76. The summed E-state index contributed by atoms with van der Waals surface area (Å²) in [5.41, 5.74) is 4.67. The average Bonchev–Trinajstić information content (AvgIpc) is 2.78. The third kappa shape index (κ3) is 3.24. The Morgan fingerprint density at radius 3 is 2.63 bits per heavy atom. The molecule has 0 spiro atoms. The number of benzene rings is 1. The van der Waals surface area contributed by atoms with Gasteiger partial charge in [-0.1, -0.05) is 21.0 Å². The van der Waals surface area contributed by atoms with Crippen LogP contribution in [0.25, 0.3) is 0 Å². The maximum atomic E-state index is 12.7. The molecule has 1 aromatic heterocycles. The molecule has 0 atom stereocenters. The van der Waals surface area contributed by atoms with Crippen molar-refractivity contribution in [3.8, 4) is 0 Å². The molecule has 19 heavy (non-hydrogen) atoms. The van der Waals surface area contributed by atoms with E-state index in [4.69, 9.17) is 10.2 Å². The number of nitrogens with one attached hydrogen (secondary N) is 1. The number of nitrogens with zero attached hydrogens (tertiary/aromatic N) is 2. The fraction of sp³-hybridized carbons (Fsp3) is 0.200. The molecule has 0 radical (unpaired) electrons. The van der Waals surface area contributed by atoms with E-state index in [1.54, 1.807) is 0 Å². The molecule has 1 heterocycles. The van der Waals surface area contributed by atoms with Crippen molar-refractivity contribution in [1.82, 2.24) is 10.2 Å². The Bertz CT molecular complexity index is 584. The van der Waals surface area contributed by atoms with Gasteiger partial charge in [0.15, 0.2) is 0 Å². The van der Waals surface area contributed by atoms with Crippen molar-refractivity contribution in [2.24, 2.45) is 5.73 Å². The van der Waals surface area contributed by atoms with Gasteiger partial charge in [0, 0.05) is 10.2 Å². The smallest absolute Gasteiger partial charge is 0.406 e. The Morgan fingerprint density at radius 1 is 1.32 bits per heavy atom. The highest BCUT2D eigenvalue weighted by Gasteiger charge is 2.33. The molecule has 0 saturated carbocycles. The summed E-state index contributed by atoms with van der Waals surface area (Å²) >= 11 is 2.85. The van der Waals surface area contributed by atoms with Crippen LogP contribution in [0.15, 0.2) is 27.1 Å². The van der Waals surface area contributed by atoms with E-state index in [0.29, 0.717) is 0 Å². The number of aromatic nitrogens is 2. The molecule has 0 unspecified atom stereocenters. The Morgan fingerprint density at radius 2 is 2.05 bits per heavy atom. The van der Waals surface area contributed by atoms with E-state index in [1.165, 1.54) is 12.1 Å². The van der Waals surface area contributed by atoms with Gasteiger partial charge in [0.05, 0.1) is 12.1 Å². The van der Waals surface area contributed by atoms with Gasteiger partial charge in [-0.25, -0.2) is 0 Å².